The first kappa shape index (κ1) is 20.9. The van der Waals surface area contributed by atoms with Crippen molar-refractivity contribution in [3.05, 3.63) is 23.8 Å². The number of benzene rings is 1. The molecule has 1 aromatic rings. The van der Waals surface area contributed by atoms with Crippen molar-refractivity contribution in [1.29, 1.82) is 0 Å². The van der Waals surface area contributed by atoms with Gasteiger partial charge in [0.05, 0.1) is 25.8 Å². The van der Waals surface area contributed by atoms with E-state index in [4.69, 9.17) is 14.2 Å². The van der Waals surface area contributed by atoms with E-state index in [1.54, 1.807) is 18.2 Å². The van der Waals surface area contributed by atoms with Crippen molar-refractivity contribution >= 4 is 17.7 Å². The Balaban J connectivity index is 1.69. The molecule has 0 aliphatic carbocycles. The Labute approximate surface area is 169 Å². The topological polar surface area (TPSA) is 106 Å². The fraction of sp³-hybridized carbons (Fsp3) is 0.550. The fourth-order valence-electron chi connectivity index (χ4n) is 3.33. The average Bonchev–Trinajstić information content (AvgIpc) is 3.27. The first-order valence-electron chi connectivity index (χ1n) is 9.84. The molecule has 0 saturated carbocycles. The highest BCUT2D eigenvalue weighted by atomic mass is 16.5. The summed E-state index contributed by atoms with van der Waals surface area (Å²) in [6, 6.07) is 4.97. The summed E-state index contributed by atoms with van der Waals surface area (Å²) in [5, 5.41) is 5.59. The van der Waals surface area contributed by atoms with Crippen LogP contribution in [0.1, 0.15) is 29.6 Å². The summed E-state index contributed by atoms with van der Waals surface area (Å²) in [6.07, 6.45) is 1.54. The molecule has 1 unspecified atom stereocenters. The summed E-state index contributed by atoms with van der Waals surface area (Å²) in [4.78, 5) is 39.0. The number of nitrogens with zero attached hydrogens (tertiary/aromatic N) is 1. The summed E-state index contributed by atoms with van der Waals surface area (Å²) >= 11 is 0. The van der Waals surface area contributed by atoms with Crippen molar-refractivity contribution in [3.8, 4) is 11.5 Å². The average molecular weight is 405 g/mol. The van der Waals surface area contributed by atoms with Gasteiger partial charge in [-0.05, 0) is 31.4 Å². The van der Waals surface area contributed by atoms with E-state index in [0.717, 1.165) is 6.42 Å². The second-order valence-electron chi connectivity index (χ2n) is 6.93. The summed E-state index contributed by atoms with van der Waals surface area (Å²) in [5.41, 5.74) is 0.390. The molecule has 158 valence electrons. The predicted octanol–water partition coefficient (Wildman–Crippen LogP) is 0.331. The van der Waals surface area contributed by atoms with Gasteiger partial charge >= 0.3 is 0 Å². The third kappa shape index (κ3) is 5.60. The lowest BCUT2D eigenvalue weighted by molar-refractivity contribution is -0.144. The minimum Gasteiger partial charge on any atom is -0.497 e. The zero-order valence-corrected chi connectivity index (χ0v) is 16.6. The highest BCUT2D eigenvalue weighted by Gasteiger charge is 2.29. The molecule has 3 amide bonds. The van der Waals surface area contributed by atoms with Crippen LogP contribution in [0.4, 0.5) is 0 Å². The number of carbonyl (C=O) groups excluding carboxylic acids is 3. The zero-order valence-electron chi connectivity index (χ0n) is 16.6. The second kappa shape index (κ2) is 10.1. The third-order valence-electron chi connectivity index (χ3n) is 4.86. The minimum atomic E-state index is -0.485. The molecule has 0 aromatic heterocycles. The molecule has 29 heavy (non-hydrogen) atoms. The van der Waals surface area contributed by atoms with Gasteiger partial charge in [-0.3, -0.25) is 14.4 Å². The number of methoxy groups -OCH3 is 1. The Morgan fingerprint density at radius 2 is 2.03 bits per heavy atom. The second-order valence-corrected chi connectivity index (χ2v) is 6.93. The molecule has 1 fully saturated rings. The van der Waals surface area contributed by atoms with Crippen LogP contribution in [0.3, 0.4) is 0 Å². The molecule has 9 heteroatoms. The van der Waals surface area contributed by atoms with Crippen LogP contribution in [0, 0.1) is 0 Å². The van der Waals surface area contributed by atoms with Gasteiger partial charge in [0.15, 0.2) is 0 Å². The maximum absolute atomic E-state index is 12.7. The van der Waals surface area contributed by atoms with E-state index in [1.165, 1.54) is 12.0 Å². The van der Waals surface area contributed by atoms with Gasteiger partial charge in [0, 0.05) is 25.8 Å². The molecule has 1 saturated heterocycles. The van der Waals surface area contributed by atoms with E-state index in [2.05, 4.69) is 10.6 Å². The summed E-state index contributed by atoms with van der Waals surface area (Å²) < 4.78 is 16.3. The van der Waals surface area contributed by atoms with Gasteiger partial charge in [0.2, 0.25) is 5.91 Å². The lowest BCUT2D eigenvalue weighted by atomic mass is 10.1. The summed E-state index contributed by atoms with van der Waals surface area (Å²) in [5.74, 6) is 0.269. The van der Waals surface area contributed by atoms with Gasteiger partial charge < -0.3 is 29.7 Å². The Bertz CT molecular complexity index is 748. The van der Waals surface area contributed by atoms with Crippen LogP contribution in [-0.2, 0) is 14.3 Å². The van der Waals surface area contributed by atoms with Crippen molar-refractivity contribution in [2.75, 3.05) is 46.5 Å². The van der Waals surface area contributed by atoms with E-state index in [0.29, 0.717) is 49.6 Å². The monoisotopic (exact) mass is 405 g/mol. The van der Waals surface area contributed by atoms with Gasteiger partial charge in [-0.2, -0.15) is 0 Å². The normalized spacial score (nSPS) is 21.3. The molecule has 2 aliphatic rings. The Morgan fingerprint density at radius 3 is 2.79 bits per heavy atom. The van der Waals surface area contributed by atoms with Crippen LogP contribution in [0.2, 0.25) is 0 Å². The number of rotatable bonds is 2. The molecule has 0 radical (unpaired) electrons. The first-order chi connectivity index (χ1) is 14.1. The molecule has 1 atom stereocenters. The molecule has 2 heterocycles. The van der Waals surface area contributed by atoms with E-state index in [-0.39, 0.29) is 37.4 Å². The van der Waals surface area contributed by atoms with Crippen LogP contribution in [0.5, 0.6) is 11.5 Å². The SMILES string of the molecule is COc1ccc2c(c1)OCCNC(=O)CN(C(=O)C1CCCO1)CCCNC2=O. The molecule has 3 rings (SSSR count). The Hall–Kier alpha value is -2.81. The van der Waals surface area contributed by atoms with Crippen molar-refractivity contribution in [1.82, 2.24) is 15.5 Å². The van der Waals surface area contributed by atoms with Gasteiger partial charge in [0.1, 0.15) is 24.2 Å². The van der Waals surface area contributed by atoms with Gasteiger partial charge in [-0.25, -0.2) is 0 Å². The maximum atomic E-state index is 12.7. The molecular weight excluding hydrogens is 378 g/mol. The number of fused-ring (bicyclic) bond motifs is 1. The van der Waals surface area contributed by atoms with Crippen LogP contribution >= 0.6 is 0 Å². The lowest BCUT2D eigenvalue weighted by Crippen LogP contribution is -2.46. The van der Waals surface area contributed by atoms with E-state index >= 15 is 0 Å². The highest BCUT2D eigenvalue weighted by molar-refractivity contribution is 5.97. The van der Waals surface area contributed by atoms with E-state index in [9.17, 15) is 14.4 Å². The van der Waals surface area contributed by atoms with Gasteiger partial charge in [-0.15, -0.1) is 0 Å². The number of nitrogens with one attached hydrogen (secondary N) is 2. The zero-order chi connectivity index (χ0) is 20.6. The van der Waals surface area contributed by atoms with E-state index < -0.39 is 6.10 Å². The van der Waals surface area contributed by atoms with Crippen molar-refractivity contribution in [2.24, 2.45) is 0 Å². The standard InChI is InChI=1S/C20H27N3O6/c1-27-14-5-6-15-17(12-14)29-11-8-21-18(24)13-23(9-3-7-22-19(15)25)20(26)16-4-2-10-28-16/h5-6,12,16H,2-4,7-11,13H2,1H3,(H,21,24)(H,22,25). The van der Waals surface area contributed by atoms with Gasteiger partial charge in [-0.1, -0.05) is 0 Å². The Kier molecular flexibility index (Phi) is 7.29. The van der Waals surface area contributed by atoms with Gasteiger partial charge in [0.25, 0.3) is 11.8 Å². The molecule has 9 nitrogen and oxygen atoms in total. The number of hydrogen-bond acceptors (Lipinski definition) is 6. The molecular formula is C20H27N3O6. The minimum absolute atomic E-state index is 0.0446. The number of ether oxygens (including phenoxy) is 3. The fourth-order valence-corrected chi connectivity index (χ4v) is 3.33. The molecule has 2 N–H and O–H groups in total. The number of amides is 3. The van der Waals surface area contributed by atoms with Crippen molar-refractivity contribution in [3.63, 3.8) is 0 Å². The first-order valence-corrected chi connectivity index (χ1v) is 9.84. The smallest absolute Gasteiger partial charge is 0.255 e. The Morgan fingerprint density at radius 1 is 1.17 bits per heavy atom. The molecule has 2 aliphatic heterocycles. The number of hydrogen-bond donors (Lipinski definition) is 2. The third-order valence-corrected chi connectivity index (χ3v) is 4.86. The highest BCUT2D eigenvalue weighted by Crippen LogP contribution is 2.25. The molecule has 1 aromatic carbocycles. The van der Waals surface area contributed by atoms with Crippen LogP contribution < -0.4 is 20.1 Å². The summed E-state index contributed by atoms with van der Waals surface area (Å²) in [7, 11) is 1.54. The molecule has 0 spiro atoms. The van der Waals surface area contributed by atoms with Crippen LogP contribution in [-0.4, -0.2) is 75.2 Å². The number of carbonyl (C=O) groups is 3. The lowest BCUT2D eigenvalue weighted by Gasteiger charge is -2.25. The summed E-state index contributed by atoms with van der Waals surface area (Å²) in [6.45, 7) is 1.67. The van der Waals surface area contributed by atoms with Crippen LogP contribution in [0.25, 0.3) is 0 Å². The van der Waals surface area contributed by atoms with Crippen molar-refractivity contribution in [2.45, 2.75) is 25.4 Å². The van der Waals surface area contributed by atoms with E-state index in [1.807, 2.05) is 0 Å². The van der Waals surface area contributed by atoms with Crippen LogP contribution in [0.15, 0.2) is 18.2 Å². The molecule has 0 bridgehead atoms. The van der Waals surface area contributed by atoms with Crippen molar-refractivity contribution < 1.29 is 28.6 Å². The maximum Gasteiger partial charge on any atom is 0.255 e. The predicted molar refractivity (Wildman–Crippen MR) is 104 cm³/mol. The quantitative estimate of drug-likeness (QED) is 0.735. The largest absolute Gasteiger partial charge is 0.497 e.